The summed E-state index contributed by atoms with van der Waals surface area (Å²) >= 11 is 0. The minimum atomic E-state index is -0.351. The predicted octanol–water partition coefficient (Wildman–Crippen LogP) is 1.74. The zero-order valence-corrected chi connectivity index (χ0v) is 11.8. The lowest BCUT2D eigenvalue weighted by atomic mass is 9.74. The fourth-order valence-corrected chi connectivity index (χ4v) is 1.64. The van der Waals surface area contributed by atoms with Crippen molar-refractivity contribution in [1.82, 2.24) is 14.8 Å². The van der Waals surface area contributed by atoms with Crippen molar-refractivity contribution in [3.8, 4) is 0 Å². The molecule has 0 aliphatic rings. The van der Waals surface area contributed by atoms with Gasteiger partial charge in [-0.25, -0.2) is 0 Å². The highest BCUT2D eigenvalue weighted by Gasteiger charge is 2.39. The second-order valence-electron chi connectivity index (χ2n) is 5.47. The smallest absolute Gasteiger partial charge is 0.224 e. The molecule has 1 heterocycles. The largest absolute Gasteiger partial charge is 0.355 e. The number of nitrogens with zero attached hydrogens (tertiary/aromatic N) is 3. The summed E-state index contributed by atoms with van der Waals surface area (Å²) in [6.45, 7) is 14.1. The van der Waals surface area contributed by atoms with E-state index in [1.807, 2.05) is 20.8 Å². The molecule has 1 aromatic heterocycles. The number of rotatable bonds is 5. The summed E-state index contributed by atoms with van der Waals surface area (Å²) in [5.74, 6) is 1.76. The van der Waals surface area contributed by atoms with Crippen LogP contribution in [0.25, 0.3) is 0 Å². The van der Waals surface area contributed by atoms with Crippen LogP contribution >= 0.6 is 0 Å². The van der Waals surface area contributed by atoms with E-state index in [4.69, 9.17) is 5.73 Å². The van der Waals surface area contributed by atoms with E-state index >= 15 is 0 Å². The van der Waals surface area contributed by atoms with Crippen LogP contribution in [0, 0.1) is 0 Å². The van der Waals surface area contributed by atoms with E-state index in [-0.39, 0.29) is 11.0 Å². The SMILES string of the molecule is CCNc1nnc(C(C)(C)C(C)(C)N)n1CC. The molecule has 0 aromatic carbocycles. The van der Waals surface area contributed by atoms with Gasteiger partial charge in [0.25, 0.3) is 0 Å². The molecule has 0 saturated carbocycles. The summed E-state index contributed by atoms with van der Waals surface area (Å²) < 4.78 is 2.10. The molecule has 0 spiro atoms. The third kappa shape index (κ3) is 2.44. The Kier molecular flexibility index (Phi) is 3.81. The van der Waals surface area contributed by atoms with Gasteiger partial charge in [-0.15, -0.1) is 10.2 Å². The van der Waals surface area contributed by atoms with E-state index in [2.05, 4.69) is 40.9 Å². The van der Waals surface area contributed by atoms with Gasteiger partial charge in [0, 0.05) is 24.0 Å². The molecule has 0 fully saturated rings. The van der Waals surface area contributed by atoms with Gasteiger partial charge in [-0.3, -0.25) is 4.57 Å². The van der Waals surface area contributed by atoms with Crippen molar-refractivity contribution in [3.05, 3.63) is 5.82 Å². The standard InChI is InChI=1S/C12H25N5/c1-7-14-10-16-15-9(17(10)8-2)11(3,4)12(5,6)13/h7-8,13H2,1-6H3,(H,14,16). The fourth-order valence-electron chi connectivity index (χ4n) is 1.64. The van der Waals surface area contributed by atoms with Gasteiger partial charge in [0.1, 0.15) is 5.82 Å². The summed E-state index contributed by atoms with van der Waals surface area (Å²) in [6.07, 6.45) is 0. The first-order valence-corrected chi connectivity index (χ1v) is 6.22. The molecule has 0 saturated heterocycles. The zero-order chi connectivity index (χ0) is 13.3. The van der Waals surface area contributed by atoms with Crippen molar-refractivity contribution < 1.29 is 0 Å². The molecule has 98 valence electrons. The molecule has 0 aliphatic carbocycles. The van der Waals surface area contributed by atoms with Crippen molar-refractivity contribution >= 4 is 5.95 Å². The van der Waals surface area contributed by atoms with E-state index < -0.39 is 0 Å². The molecule has 0 aliphatic heterocycles. The van der Waals surface area contributed by atoms with Crippen molar-refractivity contribution in [2.45, 2.75) is 59.0 Å². The van der Waals surface area contributed by atoms with E-state index in [9.17, 15) is 0 Å². The van der Waals surface area contributed by atoms with E-state index in [1.54, 1.807) is 0 Å². The molecule has 0 amide bonds. The number of nitrogens with one attached hydrogen (secondary N) is 1. The number of anilines is 1. The van der Waals surface area contributed by atoms with Gasteiger partial charge < -0.3 is 11.1 Å². The van der Waals surface area contributed by atoms with Crippen molar-refractivity contribution in [3.63, 3.8) is 0 Å². The topological polar surface area (TPSA) is 68.8 Å². The Morgan fingerprint density at radius 1 is 1.18 bits per heavy atom. The van der Waals surface area contributed by atoms with Gasteiger partial charge in [-0.1, -0.05) is 13.8 Å². The van der Waals surface area contributed by atoms with Crippen LogP contribution in [-0.4, -0.2) is 26.8 Å². The highest BCUT2D eigenvalue weighted by atomic mass is 15.4. The summed E-state index contributed by atoms with van der Waals surface area (Å²) in [5, 5.41) is 11.7. The lowest BCUT2D eigenvalue weighted by Crippen LogP contribution is -2.51. The van der Waals surface area contributed by atoms with Crippen LogP contribution in [0.2, 0.25) is 0 Å². The Bertz CT molecular complexity index is 373. The second kappa shape index (κ2) is 4.64. The van der Waals surface area contributed by atoms with Gasteiger partial charge in [-0.05, 0) is 27.7 Å². The average Bonchev–Trinajstić information content (AvgIpc) is 2.60. The molecule has 5 heteroatoms. The number of hydrogen-bond donors (Lipinski definition) is 2. The third-order valence-corrected chi connectivity index (χ3v) is 3.57. The second-order valence-corrected chi connectivity index (χ2v) is 5.47. The summed E-state index contributed by atoms with van der Waals surface area (Å²) in [7, 11) is 0. The molecular formula is C12H25N5. The highest BCUT2D eigenvalue weighted by molar-refractivity contribution is 5.29. The summed E-state index contributed by atoms with van der Waals surface area (Å²) in [5.41, 5.74) is 5.67. The minimum absolute atomic E-state index is 0.232. The molecule has 1 rings (SSSR count). The maximum absolute atomic E-state index is 6.25. The molecule has 0 atom stereocenters. The monoisotopic (exact) mass is 239 g/mol. The first-order chi connectivity index (χ1) is 7.75. The fraction of sp³-hybridized carbons (Fsp3) is 0.833. The van der Waals surface area contributed by atoms with Crippen LogP contribution in [0.5, 0.6) is 0 Å². The minimum Gasteiger partial charge on any atom is -0.355 e. The Morgan fingerprint density at radius 2 is 1.76 bits per heavy atom. The lowest BCUT2D eigenvalue weighted by molar-refractivity contribution is 0.282. The molecule has 0 bridgehead atoms. The summed E-state index contributed by atoms with van der Waals surface area (Å²) in [4.78, 5) is 0. The van der Waals surface area contributed by atoms with Crippen molar-refractivity contribution in [2.24, 2.45) is 5.73 Å². The molecule has 5 nitrogen and oxygen atoms in total. The third-order valence-electron chi connectivity index (χ3n) is 3.57. The molecule has 1 aromatic rings. The molecule has 0 radical (unpaired) electrons. The van der Waals surface area contributed by atoms with Crippen LogP contribution in [0.1, 0.15) is 47.4 Å². The van der Waals surface area contributed by atoms with Crippen LogP contribution in [0.3, 0.4) is 0 Å². The summed E-state index contributed by atoms with van der Waals surface area (Å²) in [6, 6.07) is 0. The first-order valence-electron chi connectivity index (χ1n) is 6.22. The number of aromatic nitrogens is 3. The van der Waals surface area contributed by atoms with E-state index in [0.29, 0.717) is 0 Å². The van der Waals surface area contributed by atoms with Crippen LogP contribution in [-0.2, 0) is 12.0 Å². The normalized spacial score (nSPS) is 12.9. The Hall–Kier alpha value is -1.10. The van der Waals surface area contributed by atoms with Gasteiger partial charge in [-0.2, -0.15) is 0 Å². The van der Waals surface area contributed by atoms with Crippen molar-refractivity contribution in [2.75, 3.05) is 11.9 Å². The number of nitrogens with two attached hydrogens (primary N) is 1. The lowest BCUT2D eigenvalue weighted by Gasteiger charge is -2.37. The van der Waals surface area contributed by atoms with Gasteiger partial charge in [0.05, 0.1) is 0 Å². The maximum atomic E-state index is 6.25. The van der Waals surface area contributed by atoms with E-state index in [0.717, 1.165) is 24.9 Å². The van der Waals surface area contributed by atoms with Gasteiger partial charge in [0.15, 0.2) is 0 Å². The highest BCUT2D eigenvalue weighted by Crippen LogP contribution is 2.32. The van der Waals surface area contributed by atoms with Crippen LogP contribution in [0.4, 0.5) is 5.95 Å². The Labute approximate surface area is 104 Å². The quantitative estimate of drug-likeness (QED) is 0.821. The predicted molar refractivity (Wildman–Crippen MR) is 71.2 cm³/mol. The Morgan fingerprint density at radius 3 is 2.18 bits per heavy atom. The average molecular weight is 239 g/mol. The van der Waals surface area contributed by atoms with Gasteiger partial charge >= 0.3 is 0 Å². The van der Waals surface area contributed by atoms with Gasteiger partial charge in [0.2, 0.25) is 5.95 Å². The molecule has 17 heavy (non-hydrogen) atoms. The number of hydrogen-bond acceptors (Lipinski definition) is 4. The molecule has 0 unspecified atom stereocenters. The Balaban J connectivity index is 3.23. The van der Waals surface area contributed by atoms with Crippen molar-refractivity contribution in [1.29, 1.82) is 0 Å². The maximum Gasteiger partial charge on any atom is 0.224 e. The molecule has 3 N–H and O–H groups in total. The van der Waals surface area contributed by atoms with E-state index in [1.165, 1.54) is 0 Å². The van der Waals surface area contributed by atoms with Crippen LogP contribution < -0.4 is 11.1 Å². The molecular weight excluding hydrogens is 214 g/mol. The first kappa shape index (κ1) is 14.0. The zero-order valence-electron chi connectivity index (χ0n) is 11.8. The van der Waals surface area contributed by atoms with Crippen LogP contribution in [0.15, 0.2) is 0 Å².